The highest BCUT2D eigenvalue weighted by Gasteiger charge is 2.19. The van der Waals surface area contributed by atoms with Gasteiger partial charge in [-0.15, -0.1) is 0 Å². The summed E-state index contributed by atoms with van der Waals surface area (Å²) >= 11 is 0. The SMILES string of the molecule is C=C/C(=C/C(=C\C)NC(=O)C(CO)c1ccccc1)C(=C)C.CC. The van der Waals surface area contributed by atoms with Crippen molar-refractivity contribution in [1.29, 1.82) is 0 Å². The number of hydrogen-bond donors (Lipinski definition) is 2. The Labute approximate surface area is 146 Å². The molecule has 0 saturated carbocycles. The topological polar surface area (TPSA) is 49.3 Å². The Morgan fingerprint density at radius 3 is 2.29 bits per heavy atom. The van der Waals surface area contributed by atoms with E-state index in [2.05, 4.69) is 18.5 Å². The largest absolute Gasteiger partial charge is 0.395 e. The molecule has 2 N–H and O–H groups in total. The molecule has 130 valence electrons. The van der Waals surface area contributed by atoms with E-state index in [1.165, 1.54) is 0 Å². The Morgan fingerprint density at radius 1 is 1.29 bits per heavy atom. The number of benzene rings is 1. The number of amides is 1. The summed E-state index contributed by atoms with van der Waals surface area (Å²) in [6, 6.07) is 9.22. The summed E-state index contributed by atoms with van der Waals surface area (Å²) in [6.07, 6.45) is 5.30. The maximum atomic E-state index is 12.4. The predicted molar refractivity (Wildman–Crippen MR) is 103 cm³/mol. The highest BCUT2D eigenvalue weighted by atomic mass is 16.3. The summed E-state index contributed by atoms with van der Waals surface area (Å²) in [5.74, 6) is -0.843. The molecule has 0 aromatic heterocycles. The van der Waals surface area contributed by atoms with Gasteiger partial charge in [-0.25, -0.2) is 0 Å². The second-order valence-corrected chi connectivity index (χ2v) is 4.96. The Balaban J connectivity index is 0.00000254. The van der Waals surface area contributed by atoms with Crippen molar-refractivity contribution in [2.45, 2.75) is 33.6 Å². The van der Waals surface area contributed by atoms with E-state index in [-0.39, 0.29) is 12.5 Å². The molecule has 3 nitrogen and oxygen atoms in total. The van der Waals surface area contributed by atoms with Crippen molar-refractivity contribution < 1.29 is 9.90 Å². The van der Waals surface area contributed by atoms with E-state index in [1.54, 1.807) is 12.2 Å². The molecule has 1 atom stereocenters. The van der Waals surface area contributed by atoms with Gasteiger partial charge in [0.05, 0.1) is 12.5 Å². The van der Waals surface area contributed by atoms with Crippen molar-refractivity contribution >= 4 is 5.91 Å². The molecule has 1 rings (SSSR count). The summed E-state index contributed by atoms with van der Waals surface area (Å²) in [5.41, 5.74) is 3.15. The van der Waals surface area contributed by atoms with Gasteiger partial charge in [-0.05, 0) is 31.1 Å². The average Bonchev–Trinajstić information content (AvgIpc) is 2.61. The van der Waals surface area contributed by atoms with Gasteiger partial charge in [0.15, 0.2) is 0 Å². The summed E-state index contributed by atoms with van der Waals surface area (Å²) in [4.78, 5) is 12.4. The molecule has 0 aliphatic carbocycles. The van der Waals surface area contributed by atoms with E-state index in [1.807, 2.05) is 64.1 Å². The fourth-order valence-corrected chi connectivity index (χ4v) is 1.97. The van der Waals surface area contributed by atoms with Gasteiger partial charge in [0, 0.05) is 5.70 Å². The summed E-state index contributed by atoms with van der Waals surface area (Å²) in [6.45, 7) is 15.1. The normalized spacial score (nSPS) is 12.5. The van der Waals surface area contributed by atoms with Crippen LogP contribution in [0.15, 0.2) is 78.6 Å². The van der Waals surface area contributed by atoms with Crippen LogP contribution in [0, 0.1) is 0 Å². The van der Waals surface area contributed by atoms with Crippen molar-refractivity contribution in [3.05, 3.63) is 84.1 Å². The minimum absolute atomic E-state index is 0.245. The number of nitrogens with one attached hydrogen (secondary N) is 1. The summed E-state index contributed by atoms with van der Waals surface area (Å²) < 4.78 is 0. The molecule has 1 aromatic rings. The number of carbonyl (C=O) groups excluding carboxylic acids is 1. The minimum Gasteiger partial charge on any atom is -0.395 e. The van der Waals surface area contributed by atoms with Gasteiger partial charge in [-0.3, -0.25) is 4.79 Å². The van der Waals surface area contributed by atoms with Gasteiger partial charge in [-0.1, -0.05) is 75.1 Å². The van der Waals surface area contributed by atoms with Crippen LogP contribution in [0.2, 0.25) is 0 Å². The van der Waals surface area contributed by atoms with Crippen molar-refractivity contribution in [2.24, 2.45) is 0 Å². The third kappa shape index (κ3) is 6.80. The lowest BCUT2D eigenvalue weighted by molar-refractivity contribution is -0.122. The molecular formula is C21H29NO2. The Morgan fingerprint density at radius 2 is 1.88 bits per heavy atom. The van der Waals surface area contributed by atoms with E-state index in [9.17, 15) is 9.90 Å². The van der Waals surface area contributed by atoms with Crippen molar-refractivity contribution in [3.8, 4) is 0 Å². The highest BCUT2D eigenvalue weighted by molar-refractivity contribution is 5.85. The molecule has 0 fully saturated rings. The van der Waals surface area contributed by atoms with Crippen molar-refractivity contribution in [3.63, 3.8) is 0 Å². The van der Waals surface area contributed by atoms with E-state index in [0.717, 1.165) is 16.7 Å². The van der Waals surface area contributed by atoms with E-state index >= 15 is 0 Å². The quantitative estimate of drug-likeness (QED) is 0.725. The highest BCUT2D eigenvalue weighted by Crippen LogP contribution is 2.16. The van der Waals surface area contributed by atoms with Crippen LogP contribution in [0.3, 0.4) is 0 Å². The number of aliphatic hydroxyl groups excluding tert-OH is 1. The lowest BCUT2D eigenvalue weighted by Crippen LogP contribution is -2.30. The zero-order valence-electron chi connectivity index (χ0n) is 15.2. The van der Waals surface area contributed by atoms with Crippen LogP contribution in [0.25, 0.3) is 0 Å². The maximum absolute atomic E-state index is 12.4. The van der Waals surface area contributed by atoms with Crippen molar-refractivity contribution in [2.75, 3.05) is 6.61 Å². The average molecular weight is 327 g/mol. The number of carbonyl (C=O) groups is 1. The van der Waals surface area contributed by atoms with Crippen LogP contribution in [-0.4, -0.2) is 17.6 Å². The first kappa shape index (κ1) is 21.6. The molecule has 3 heteroatoms. The van der Waals surface area contributed by atoms with Gasteiger partial charge in [0.2, 0.25) is 5.91 Å². The van der Waals surface area contributed by atoms with Crippen LogP contribution >= 0.6 is 0 Å². The summed E-state index contributed by atoms with van der Waals surface area (Å²) in [7, 11) is 0. The van der Waals surface area contributed by atoms with Crippen LogP contribution in [-0.2, 0) is 4.79 Å². The Hall–Kier alpha value is -2.39. The lowest BCUT2D eigenvalue weighted by Gasteiger charge is -2.15. The molecule has 0 heterocycles. The predicted octanol–water partition coefficient (Wildman–Crippen LogP) is 4.50. The maximum Gasteiger partial charge on any atom is 0.234 e. The molecule has 1 amide bonds. The summed E-state index contributed by atoms with van der Waals surface area (Å²) in [5, 5.41) is 12.4. The fraction of sp³-hybridized carbons (Fsp3) is 0.286. The molecule has 1 unspecified atom stereocenters. The second-order valence-electron chi connectivity index (χ2n) is 4.96. The molecule has 0 bridgehead atoms. The fourth-order valence-electron chi connectivity index (χ4n) is 1.97. The lowest BCUT2D eigenvalue weighted by atomic mass is 9.99. The zero-order chi connectivity index (χ0) is 18.5. The molecule has 0 saturated heterocycles. The smallest absolute Gasteiger partial charge is 0.234 e. The van der Waals surface area contributed by atoms with Crippen LogP contribution in [0.4, 0.5) is 0 Å². The number of hydrogen-bond acceptors (Lipinski definition) is 2. The van der Waals surface area contributed by atoms with E-state index in [0.29, 0.717) is 5.70 Å². The molecule has 1 aromatic carbocycles. The second kappa shape index (κ2) is 12.1. The van der Waals surface area contributed by atoms with Gasteiger partial charge in [-0.2, -0.15) is 0 Å². The van der Waals surface area contributed by atoms with Crippen molar-refractivity contribution in [1.82, 2.24) is 5.32 Å². The molecule has 0 spiro atoms. The van der Waals surface area contributed by atoms with Gasteiger partial charge < -0.3 is 10.4 Å². The molecule has 24 heavy (non-hydrogen) atoms. The molecular weight excluding hydrogens is 298 g/mol. The van der Waals surface area contributed by atoms with E-state index < -0.39 is 5.92 Å². The molecule has 0 radical (unpaired) electrons. The molecule has 0 aliphatic heterocycles. The molecule has 0 aliphatic rings. The first-order chi connectivity index (χ1) is 11.5. The zero-order valence-corrected chi connectivity index (χ0v) is 15.2. The third-order valence-corrected chi connectivity index (χ3v) is 3.30. The van der Waals surface area contributed by atoms with Gasteiger partial charge in [0.1, 0.15) is 0 Å². The van der Waals surface area contributed by atoms with Crippen LogP contribution in [0.5, 0.6) is 0 Å². The van der Waals surface area contributed by atoms with Crippen LogP contribution < -0.4 is 5.32 Å². The number of allylic oxidation sites excluding steroid dienone is 5. The Bertz CT molecular complexity index is 598. The minimum atomic E-state index is -0.596. The van der Waals surface area contributed by atoms with Gasteiger partial charge >= 0.3 is 0 Å². The first-order valence-electron chi connectivity index (χ1n) is 8.16. The first-order valence-corrected chi connectivity index (χ1v) is 8.16. The van der Waals surface area contributed by atoms with E-state index in [4.69, 9.17) is 0 Å². The monoisotopic (exact) mass is 327 g/mol. The standard InChI is InChI=1S/C19H23NO2.C2H6/c1-5-15(14(3)4)12-17(6-2)20-19(22)18(13-21)16-10-8-7-9-11-16;1-2/h5-12,18,21H,1,3,13H2,2,4H3,(H,20,22);1-2H3/b15-12-,17-6+;. The third-order valence-electron chi connectivity index (χ3n) is 3.30. The number of rotatable bonds is 7. The number of aliphatic hydroxyl groups is 1. The van der Waals surface area contributed by atoms with Gasteiger partial charge in [0.25, 0.3) is 0 Å². The van der Waals surface area contributed by atoms with Crippen LogP contribution in [0.1, 0.15) is 39.2 Å². The Kier molecular flexibility index (Phi) is 10.9.